The Morgan fingerprint density at radius 3 is 2.52 bits per heavy atom. The summed E-state index contributed by atoms with van der Waals surface area (Å²) in [6.45, 7) is 0.294. The molecule has 0 spiro atoms. The topological polar surface area (TPSA) is 30.8 Å². The van der Waals surface area contributed by atoms with E-state index in [4.69, 9.17) is 32.7 Å². The van der Waals surface area contributed by atoms with Gasteiger partial charge in [-0.1, -0.05) is 47.5 Å². The van der Waals surface area contributed by atoms with Gasteiger partial charge in [-0.3, -0.25) is 4.99 Å². The van der Waals surface area contributed by atoms with Gasteiger partial charge < -0.3 is 9.47 Å². The van der Waals surface area contributed by atoms with Crippen LogP contribution in [0.25, 0.3) is 0 Å². The fourth-order valence-electron chi connectivity index (χ4n) is 2.41. The van der Waals surface area contributed by atoms with Crippen molar-refractivity contribution in [1.82, 2.24) is 0 Å². The molecule has 3 nitrogen and oxygen atoms in total. The lowest BCUT2D eigenvalue weighted by molar-refractivity contribution is 0.282. The number of methoxy groups -OCH3 is 1. The Labute approximate surface area is 176 Å². The summed E-state index contributed by atoms with van der Waals surface area (Å²) in [7, 11) is 1.60. The van der Waals surface area contributed by atoms with Gasteiger partial charge in [-0.15, -0.1) is 0 Å². The summed E-state index contributed by atoms with van der Waals surface area (Å²) < 4.78 is 12.2. The van der Waals surface area contributed by atoms with E-state index in [0.29, 0.717) is 28.2 Å². The monoisotopic (exact) mass is 463 g/mol. The normalized spacial score (nSPS) is 11.0. The molecule has 3 aromatic rings. The summed E-state index contributed by atoms with van der Waals surface area (Å²) in [6.07, 6.45) is 1.78. The van der Waals surface area contributed by atoms with Crippen molar-refractivity contribution in [2.75, 3.05) is 7.11 Å². The summed E-state index contributed by atoms with van der Waals surface area (Å²) in [4.78, 5) is 4.46. The summed E-state index contributed by atoms with van der Waals surface area (Å²) in [5.41, 5.74) is 2.61. The maximum atomic E-state index is 6.21. The molecule has 0 aliphatic heterocycles. The Morgan fingerprint density at radius 2 is 1.81 bits per heavy atom. The molecular formula is C21H16BrCl2NO2. The standard InChI is InChI=1S/C21H16BrCl2NO2/c1-26-20-10-14(12-25-17-5-3-2-4-6-17)9-18(22)21(20)27-13-15-7-8-16(23)11-19(15)24/h2-12H,13H2,1H3. The van der Waals surface area contributed by atoms with Crippen LogP contribution < -0.4 is 9.47 Å². The molecule has 27 heavy (non-hydrogen) atoms. The quantitative estimate of drug-likeness (QED) is 0.364. The highest BCUT2D eigenvalue weighted by Gasteiger charge is 2.12. The van der Waals surface area contributed by atoms with Crippen LogP contribution in [0.1, 0.15) is 11.1 Å². The van der Waals surface area contributed by atoms with Gasteiger partial charge in [0.2, 0.25) is 0 Å². The summed E-state index contributed by atoms with van der Waals surface area (Å²) in [6, 6.07) is 18.8. The summed E-state index contributed by atoms with van der Waals surface area (Å²) >= 11 is 15.7. The Hall–Kier alpha value is -2.01. The Kier molecular flexibility index (Phi) is 6.78. The predicted molar refractivity (Wildman–Crippen MR) is 115 cm³/mol. The number of ether oxygens (including phenoxy) is 2. The van der Waals surface area contributed by atoms with Crippen molar-refractivity contribution in [3.63, 3.8) is 0 Å². The molecule has 0 bridgehead atoms. The Bertz CT molecular complexity index is 962. The van der Waals surface area contributed by atoms with Crippen LogP contribution >= 0.6 is 39.1 Å². The van der Waals surface area contributed by atoms with E-state index in [1.54, 1.807) is 25.5 Å². The lowest BCUT2D eigenvalue weighted by atomic mass is 10.2. The van der Waals surface area contributed by atoms with Gasteiger partial charge in [0.1, 0.15) is 6.61 Å². The lowest BCUT2D eigenvalue weighted by Gasteiger charge is -2.14. The molecule has 138 valence electrons. The largest absolute Gasteiger partial charge is 0.493 e. The van der Waals surface area contributed by atoms with Crippen LogP contribution in [-0.4, -0.2) is 13.3 Å². The third-order valence-corrected chi connectivity index (χ3v) is 4.93. The number of hydrogen-bond donors (Lipinski definition) is 0. The van der Waals surface area contributed by atoms with E-state index in [9.17, 15) is 0 Å². The first-order chi connectivity index (χ1) is 13.1. The maximum absolute atomic E-state index is 6.21. The summed E-state index contributed by atoms with van der Waals surface area (Å²) in [5.74, 6) is 1.20. The third-order valence-electron chi connectivity index (χ3n) is 3.76. The van der Waals surface area contributed by atoms with Gasteiger partial charge in [-0.2, -0.15) is 0 Å². The first kappa shape index (κ1) is 19.7. The first-order valence-electron chi connectivity index (χ1n) is 8.10. The minimum atomic E-state index is 0.294. The van der Waals surface area contributed by atoms with E-state index < -0.39 is 0 Å². The van der Waals surface area contributed by atoms with Gasteiger partial charge in [0, 0.05) is 21.8 Å². The minimum absolute atomic E-state index is 0.294. The van der Waals surface area contributed by atoms with Crippen molar-refractivity contribution in [2.24, 2.45) is 4.99 Å². The van der Waals surface area contributed by atoms with Crippen molar-refractivity contribution in [1.29, 1.82) is 0 Å². The Morgan fingerprint density at radius 1 is 1.04 bits per heavy atom. The molecule has 0 aliphatic carbocycles. The van der Waals surface area contributed by atoms with Gasteiger partial charge in [0.25, 0.3) is 0 Å². The lowest BCUT2D eigenvalue weighted by Crippen LogP contribution is -2.00. The molecule has 6 heteroatoms. The zero-order chi connectivity index (χ0) is 19.2. The third kappa shape index (κ3) is 5.25. The molecule has 0 aliphatic rings. The van der Waals surface area contributed by atoms with Crippen LogP contribution in [-0.2, 0) is 6.61 Å². The number of rotatable bonds is 6. The van der Waals surface area contributed by atoms with Gasteiger partial charge in [-0.05, 0) is 57.9 Å². The fraction of sp³-hybridized carbons (Fsp3) is 0.0952. The molecular weight excluding hydrogens is 449 g/mol. The highest BCUT2D eigenvalue weighted by molar-refractivity contribution is 9.10. The van der Waals surface area contributed by atoms with E-state index in [2.05, 4.69) is 20.9 Å². The molecule has 0 saturated carbocycles. The number of aliphatic imine (C=N–C) groups is 1. The average Bonchev–Trinajstić information content (AvgIpc) is 2.67. The minimum Gasteiger partial charge on any atom is -0.493 e. The zero-order valence-electron chi connectivity index (χ0n) is 14.5. The van der Waals surface area contributed by atoms with Crippen molar-refractivity contribution >= 4 is 51.0 Å². The number of nitrogens with zero attached hydrogens (tertiary/aromatic N) is 1. The van der Waals surface area contributed by atoms with Crippen LogP contribution in [0.5, 0.6) is 11.5 Å². The molecule has 3 rings (SSSR count). The second-order valence-electron chi connectivity index (χ2n) is 5.65. The van der Waals surface area contributed by atoms with Crippen molar-refractivity contribution in [2.45, 2.75) is 6.61 Å². The molecule has 0 amide bonds. The van der Waals surface area contributed by atoms with E-state index in [1.165, 1.54) is 0 Å². The maximum Gasteiger partial charge on any atom is 0.175 e. The van der Waals surface area contributed by atoms with Crippen LogP contribution in [0.3, 0.4) is 0 Å². The molecule has 0 heterocycles. The summed E-state index contributed by atoms with van der Waals surface area (Å²) in [5, 5.41) is 1.15. The van der Waals surface area contributed by atoms with Crippen molar-refractivity contribution < 1.29 is 9.47 Å². The molecule has 0 atom stereocenters. The Balaban J connectivity index is 1.80. The zero-order valence-corrected chi connectivity index (χ0v) is 17.6. The van der Waals surface area contributed by atoms with Crippen molar-refractivity contribution in [3.05, 3.63) is 86.3 Å². The van der Waals surface area contributed by atoms with Crippen LogP contribution in [0.4, 0.5) is 5.69 Å². The second-order valence-corrected chi connectivity index (χ2v) is 7.35. The second kappa shape index (κ2) is 9.27. The van der Waals surface area contributed by atoms with E-state index in [-0.39, 0.29) is 0 Å². The predicted octanol–water partition coefficient (Wildman–Crippen LogP) is 7.09. The highest BCUT2D eigenvalue weighted by Crippen LogP contribution is 2.37. The average molecular weight is 465 g/mol. The van der Waals surface area contributed by atoms with Gasteiger partial charge >= 0.3 is 0 Å². The smallest absolute Gasteiger partial charge is 0.175 e. The molecule has 0 aromatic heterocycles. The number of para-hydroxylation sites is 1. The van der Waals surface area contributed by atoms with Crippen molar-refractivity contribution in [3.8, 4) is 11.5 Å². The molecule has 0 fully saturated rings. The highest BCUT2D eigenvalue weighted by atomic mass is 79.9. The molecule has 0 saturated heterocycles. The SMILES string of the molecule is COc1cc(C=Nc2ccccc2)cc(Br)c1OCc1ccc(Cl)cc1Cl. The van der Waals surface area contributed by atoms with Gasteiger partial charge in [-0.25, -0.2) is 0 Å². The van der Waals surface area contributed by atoms with Gasteiger partial charge in [0.15, 0.2) is 11.5 Å². The van der Waals surface area contributed by atoms with Crippen LogP contribution in [0, 0.1) is 0 Å². The van der Waals surface area contributed by atoms with E-state index in [1.807, 2.05) is 48.5 Å². The van der Waals surface area contributed by atoms with Crippen LogP contribution in [0.15, 0.2) is 70.1 Å². The van der Waals surface area contributed by atoms with E-state index in [0.717, 1.165) is 21.3 Å². The van der Waals surface area contributed by atoms with Crippen LogP contribution in [0.2, 0.25) is 10.0 Å². The number of benzene rings is 3. The van der Waals surface area contributed by atoms with Gasteiger partial charge in [0.05, 0.1) is 17.3 Å². The molecule has 0 unspecified atom stereocenters. The molecule has 3 aromatic carbocycles. The first-order valence-corrected chi connectivity index (χ1v) is 9.65. The number of halogens is 3. The van der Waals surface area contributed by atoms with E-state index >= 15 is 0 Å². The fourth-order valence-corrected chi connectivity index (χ4v) is 3.44. The molecule has 0 N–H and O–H groups in total. The molecule has 0 radical (unpaired) electrons. The number of hydrogen-bond acceptors (Lipinski definition) is 3.